The van der Waals surface area contributed by atoms with Crippen molar-refractivity contribution in [2.75, 3.05) is 13.2 Å². The van der Waals surface area contributed by atoms with E-state index in [4.69, 9.17) is 4.74 Å². The summed E-state index contributed by atoms with van der Waals surface area (Å²) in [6.07, 6.45) is 0. The van der Waals surface area contributed by atoms with Gasteiger partial charge in [-0.2, -0.15) is 0 Å². The van der Waals surface area contributed by atoms with Gasteiger partial charge in [-0.1, -0.05) is 24.8 Å². The summed E-state index contributed by atoms with van der Waals surface area (Å²) >= 11 is 0. The van der Waals surface area contributed by atoms with Crippen molar-refractivity contribution in [3.8, 4) is 5.69 Å². The minimum absolute atomic E-state index is 0.322. The van der Waals surface area contributed by atoms with Crippen molar-refractivity contribution < 1.29 is 23.5 Å². The third-order valence-electron chi connectivity index (χ3n) is 5.51. The van der Waals surface area contributed by atoms with E-state index in [1.165, 1.54) is 17.0 Å². The van der Waals surface area contributed by atoms with E-state index >= 15 is 0 Å². The average Bonchev–Trinajstić information content (AvgIpc) is 3.21. The molecular weight excluding hydrogens is 411 g/mol. The quantitative estimate of drug-likeness (QED) is 0.435. The molecule has 0 saturated carbocycles. The van der Waals surface area contributed by atoms with E-state index in [-0.39, 0.29) is 24.1 Å². The standard InChI is InChI=1S/C25H21FN2O4/c1-15-12-22(17(3)28(15)19-10-8-18(26)9-11-19)23(29)14-32-24(30)13-27-16(2)20-6-4-5-7-21(20)25(27)31/h4-12H,2,13-14H2,1,3H3. The van der Waals surface area contributed by atoms with Gasteiger partial charge < -0.3 is 9.30 Å². The fraction of sp³-hybridized carbons (Fsp3) is 0.160. The molecule has 0 bridgehead atoms. The van der Waals surface area contributed by atoms with Crippen LogP contribution in [0.5, 0.6) is 0 Å². The molecule has 1 aliphatic heterocycles. The Morgan fingerprint density at radius 2 is 1.69 bits per heavy atom. The van der Waals surface area contributed by atoms with Crippen molar-refractivity contribution in [1.29, 1.82) is 0 Å². The summed E-state index contributed by atoms with van der Waals surface area (Å²) in [5.74, 6) is -1.74. The predicted octanol–water partition coefficient (Wildman–Crippen LogP) is 4.09. The Morgan fingerprint density at radius 1 is 1.03 bits per heavy atom. The number of ether oxygens (including phenoxy) is 1. The van der Waals surface area contributed by atoms with Gasteiger partial charge >= 0.3 is 5.97 Å². The summed E-state index contributed by atoms with van der Waals surface area (Å²) < 4.78 is 20.2. The SMILES string of the molecule is C=C1c2ccccc2C(=O)N1CC(=O)OCC(=O)c1cc(C)n(-c2ccc(F)cc2)c1C. The highest BCUT2D eigenvalue weighted by Crippen LogP contribution is 2.30. The molecule has 0 radical (unpaired) electrons. The summed E-state index contributed by atoms with van der Waals surface area (Å²) in [6, 6.07) is 14.6. The van der Waals surface area contributed by atoms with Crippen molar-refractivity contribution in [3.63, 3.8) is 0 Å². The number of halogens is 1. The zero-order valence-corrected chi connectivity index (χ0v) is 17.7. The summed E-state index contributed by atoms with van der Waals surface area (Å²) in [7, 11) is 0. The maximum Gasteiger partial charge on any atom is 0.326 e. The third kappa shape index (κ3) is 3.73. The number of carbonyl (C=O) groups is 3. The first-order valence-corrected chi connectivity index (χ1v) is 10.0. The molecule has 0 N–H and O–H groups in total. The van der Waals surface area contributed by atoms with Crippen LogP contribution in [0, 0.1) is 19.7 Å². The van der Waals surface area contributed by atoms with E-state index in [1.54, 1.807) is 49.4 Å². The number of fused-ring (bicyclic) bond motifs is 1. The number of hydrogen-bond donors (Lipinski definition) is 0. The van der Waals surface area contributed by atoms with Gasteiger partial charge in [0.15, 0.2) is 6.61 Å². The molecule has 1 aromatic heterocycles. The summed E-state index contributed by atoms with van der Waals surface area (Å²) in [5.41, 5.74) is 4.17. The fourth-order valence-corrected chi connectivity index (χ4v) is 3.93. The lowest BCUT2D eigenvalue weighted by Gasteiger charge is -2.16. The van der Waals surface area contributed by atoms with E-state index in [9.17, 15) is 18.8 Å². The molecule has 0 unspecified atom stereocenters. The largest absolute Gasteiger partial charge is 0.456 e. The Morgan fingerprint density at radius 3 is 2.34 bits per heavy atom. The Kier molecular flexibility index (Phi) is 5.48. The van der Waals surface area contributed by atoms with Gasteiger partial charge in [0.05, 0.1) is 0 Å². The number of amides is 1. The number of Topliss-reactive ketones (excluding diaryl/α,β-unsaturated/α-hetero) is 1. The number of nitrogens with zero attached hydrogens (tertiary/aromatic N) is 2. The summed E-state index contributed by atoms with van der Waals surface area (Å²) in [5, 5.41) is 0. The van der Waals surface area contributed by atoms with Crippen LogP contribution in [0.2, 0.25) is 0 Å². The van der Waals surface area contributed by atoms with Gasteiger partial charge in [0.1, 0.15) is 12.4 Å². The van der Waals surface area contributed by atoms with Gasteiger partial charge in [-0.25, -0.2) is 4.39 Å². The first kappa shape index (κ1) is 21.2. The van der Waals surface area contributed by atoms with E-state index in [0.717, 1.165) is 11.4 Å². The lowest BCUT2D eigenvalue weighted by atomic mass is 10.1. The normalized spacial score (nSPS) is 12.8. The number of hydrogen-bond acceptors (Lipinski definition) is 4. The van der Waals surface area contributed by atoms with Gasteiger partial charge in [0.2, 0.25) is 5.78 Å². The molecule has 2 aromatic carbocycles. The lowest BCUT2D eigenvalue weighted by molar-refractivity contribution is -0.142. The Labute approximate surface area is 184 Å². The van der Waals surface area contributed by atoms with Gasteiger partial charge in [-0.05, 0) is 50.2 Å². The molecule has 3 aromatic rings. The average molecular weight is 432 g/mol. The highest BCUT2D eigenvalue weighted by Gasteiger charge is 2.32. The van der Waals surface area contributed by atoms with E-state index in [0.29, 0.717) is 28.1 Å². The minimum atomic E-state index is -0.701. The summed E-state index contributed by atoms with van der Waals surface area (Å²) in [4.78, 5) is 38.8. The molecule has 0 saturated heterocycles. The number of aryl methyl sites for hydroxylation is 1. The number of rotatable bonds is 6. The van der Waals surface area contributed by atoms with E-state index in [1.807, 2.05) is 11.5 Å². The lowest BCUT2D eigenvalue weighted by Crippen LogP contribution is -2.31. The Balaban J connectivity index is 1.42. The number of aromatic nitrogens is 1. The zero-order chi connectivity index (χ0) is 23.0. The molecule has 0 spiro atoms. The van der Waals surface area contributed by atoms with E-state index < -0.39 is 12.6 Å². The van der Waals surface area contributed by atoms with Gasteiger partial charge in [-0.3, -0.25) is 19.3 Å². The van der Waals surface area contributed by atoms with Crippen molar-refractivity contribution in [2.45, 2.75) is 13.8 Å². The third-order valence-corrected chi connectivity index (χ3v) is 5.51. The van der Waals surface area contributed by atoms with Crippen molar-refractivity contribution in [1.82, 2.24) is 9.47 Å². The molecule has 0 aliphatic carbocycles. The monoisotopic (exact) mass is 432 g/mol. The fourth-order valence-electron chi connectivity index (χ4n) is 3.93. The Bertz CT molecular complexity index is 1220. The van der Waals surface area contributed by atoms with Crippen LogP contribution in [0.4, 0.5) is 4.39 Å². The predicted molar refractivity (Wildman–Crippen MR) is 117 cm³/mol. The highest BCUT2D eigenvalue weighted by molar-refractivity contribution is 6.10. The van der Waals surface area contributed by atoms with Crippen LogP contribution in [0.25, 0.3) is 11.4 Å². The second-order valence-corrected chi connectivity index (χ2v) is 7.56. The smallest absolute Gasteiger partial charge is 0.326 e. The minimum Gasteiger partial charge on any atom is -0.456 e. The number of carbonyl (C=O) groups excluding carboxylic acids is 3. The molecule has 1 aliphatic rings. The van der Waals surface area contributed by atoms with Crippen LogP contribution < -0.4 is 0 Å². The van der Waals surface area contributed by atoms with Crippen molar-refractivity contribution in [3.05, 3.63) is 95.1 Å². The molecule has 32 heavy (non-hydrogen) atoms. The number of ketones is 1. The number of esters is 1. The molecule has 0 fully saturated rings. The van der Waals surface area contributed by atoms with E-state index in [2.05, 4.69) is 6.58 Å². The molecule has 4 rings (SSSR count). The van der Waals surface area contributed by atoms with Gasteiger partial charge in [0, 0.05) is 39.5 Å². The van der Waals surface area contributed by atoms with Crippen molar-refractivity contribution in [2.24, 2.45) is 0 Å². The molecule has 7 heteroatoms. The van der Waals surface area contributed by atoms with Crippen LogP contribution in [-0.2, 0) is 9.53 Å². The highest BCUT2D eigenvalue weighted by atomic mass is 19.1. The Hall–Kier alpha value is -4.00. The summed E-state index contributed by atoms with van der Waals surface area (Å²) in [6.45, 7) is 6.72. The van der Waals surface area contributed by atoms with Gasteiger partial charge in [-0.15, -0.1) is 0 Å². The maximum atomic E-state index is 13.2. The number of benzene rings is 2. The molecule has 2 heterocycles. The molecule has 1 amide bonds. The molecule has 162 valence electrons. The molecule has 6 nitrogen and oxygen atoms in total. The van der Waals surface area contributed by atoms with Crippen LogP contribution in [0.1, 0.15) is 37.7 Å². The van der Waals surface area contributed by atoms with Crippen LogP contribution in [-0.4, -0.2) is 40.3 Å². The van der Waals surface area contributed by atoms with Crippen LogP contribution in [0.15, 0.2) is 61.2 Å². The molecular formula is C25H21FN2O4. The second kappa shape index (κ2) is 8.26. The topological polar surface area (TPSA) is 68.6 Å². The van der Waals surface area contributed by atoms with Gasteiger partial charge in [0.25, 0.3) is 5.91 Å². The molecule has 0 atom stereocenters. The van der Waals surface area contributed by atoms with Crippen LogP contribution >= 0.6 is 0 Å². The second-order valence-electron chi connectivity index (χ2n) is 7.56. The van der Waals surface area contributed by atoms with Crippen molar-refractivity contribution >= 4 is 23.4 Å². The van der Waals surface area contributed by atoms with Crippen LogP contribution in [0.3, 0.4) is 0 Å². The first-order valence-electron chi connectivity index (χ1n) is 10.0. The zero-order valence-electron chi connectivity index (χ0n) is 17.7. The first-order chi connectivity index (χ1) is 15.3. The maximum absolute atomic E-state index is 13.2.